The molecular weight excluding hydrogens is 140 g/mol. The maximum absolute atomic E-state index is 10.4. The highest BCUT2D eigenvalue weighted by Crippen LogP contribution is 2.36. The lowest BCUT2D eigenvalue weighted by atomic mass is 10.5. The summed E-state index contributed by atoms with van der Waals surface area (Å²) in [6.45, 7) is 4.84. The largest absolute Gasteiger partial charge is 0.365 e. The van der Waals surface area contributed by atoms with Gasteiger partial charge in [0.2, 0.25) is 8.42 Å². The summed E-state index contributed by atoms with van der Waals surface area (Å²) in [5, 5.41) is 3.08. The van der Waals surface area contributed by atoms with E-state index in [1.54, 1.807) is 6.66 Å². The molecule has 0 bridgehead atoms. The molecule has 4 heteroatoms. The van der Waals surface area contributed by atoms with Gasteiger partial charge in [0.25, 0.3) is 0 Å². The molecule has 0 heterocycles. The van der Waals surface area contributed by atoms with Crippen molar-refractivity contribution in [3.8, 4) is 0 Å². The van der Waals surface area contributed by atoms with Crippen molar-refractivity contribution in [1.82, 2.24) is 5.09 Å². The molecule has 0 saturated carbocycles. The van der Waals surface area contributed by atoms with E-state index in [1.807, 2.05) is 0 Å². The fourth-order valence-electron chi connectivity index (χ4n) is 0.292. The van der Waals surface area contributed by atoms with E-state index in [9.17, 15) is 4.57 Å². The van der Waals surface area contributed by atoms with Gasteiger partial charge in [-0.05, 0) is 6.42 Å². The monoisotopic (exact) mass is 152 g/mol. The lowest BCUT2D eigenvalue weighted by Gasteiger charge is -1.88. The van der Waals surface area contributed by atoms with E-state index in [-0.39, 0.29) is 0 Å². The molecule has 0 aromatic rings. The Bertz CT molecular complexity index is 76.4. The molecule has 0 fully saturated rings. The van der Waals surface area contributed by atoms with Crippen LogP contribution in [0.1, 0.15) is 13.3 Å². The van der Waals surface area contributed by atoms with Crippen molar-refractivity contribution in [2.45, 2.75) is 13.3 Å². The molecule has 1 N–H and O–H groups in total. The van der Waals surface area contributed by atoms with Crippen LogP contribution in [-0.2, 0) is 4.57 Å². The van der Waals surface area contributed by atoms with Crippen molar-refractivity contribution >= 4 is 15.9 Å². The second-order valence-electron chi connectivity index (χ2n) is 1.54. The summed E-state index contributed by atoms with van der Waals surface area (Å²) in [6.07, 6.45) is 1.12. The molecule has 0 aliphatic heterocycles. The molecule has 0 rings (SSSR count). The van der Waals surface area contributed by atoms with Gasteiger partial charge in [0.1, 0.15) is 6.66 Å². The summed E-state index contributed by atoms with van der Waals surface area (Å²) in [6, 6.07) is 0. The molecule has 2 atom stereocenters. The molecule has 2 unspecified atom stereocenters. The lowest BCUT2D eigenvalue weighted by molar-refractivity contribution is 0.598. The van der Waals surface area contributed by atoms with Crippen LogP contribution in [0.15, 0.2) is 0 Å². The summed E-state index contributed by atoms with van der Waals surface area (Å²) in [4.78, 5) is 0. The van der Waals surface area contributed by atoms with Crippen molar-refractivity contribution in [2.24, 2.45) is 0 Å². The van der Waals surface area contributed by atoms with Crippen LogP contribution in [0.2, 0.25) is 0 Å². The lowest BCUT2D eigenvalue weighted by Crippen LogP contribution is -1.98. The van der Waals surface area contributed by atoms with Crippen LogP contribution in [0.5, 0.6) is 0 Å². The predicted octanol–water partition coefficient (Wildman–Crippen LogP) is 1.95. The van der Waals surface area contributed by atoms with Crippen molar-refractivity contribution in [3.63, 3.8) is 0 Å². The minimum absolute atomic E-state index is 0.455. The third-order valence-corrected chi connectivity index (χ3v) is 2.75. The minimum Gasteiger partial charge on any atom is -0.258 e. The Labute approximate surface area is 53.0 Å². The maximum atomic E-state index is 10.4. The van der Waals surface area contributed by atoms with E-state index in [0.717, 1.165) is 13.0 Å². The first-order valence-corrected chi connectivity index (χ1v) is 6.21. The Morgan fingerprint density at radius 3 is 2.75 bits per heavy atom. The summed E-state index contributed by atoms with van der Waals surface area (Å²) in [5.74, 6) is 0. The SMILES string of the molecule is CCCNP[P+](C)=O. The van der Waals surface area contributed by atoms with Gasteiger partial charge in [-0.15, -0.1) is 0 Å². The van der Waals surface area contributed by atoms with Gasteiger partial charge in [-0.1, -0.05) is 11.5 Å². The van der Waals surface area contributed by atoms with E-state index >= 15 is 0 Å². The number of rotatable bonds is 4. The first-order chi connectivity index (χ1) is 3.77. The third-order valence-electron chi connectivity index (χ3n) is 0.612. The maximum Gasteiger partial charge on any atom is 0.365 e. The fourth-order valence-corrected chi connectivity index (χ4v) is 1.88. The standard InChI is InChI=1S/C4H12NOP2/c1-3-4-5-7-8(2)6/h5,7H,3-4H2,1-2H3/q+1. The zero-order chi connectivity index (χ0) is 6.41. The van der Waals surface area contributed by atoms with Crippen molar-refractivity contribution < 1.29 is 4.57 Å². The molecule has 0 aliphatic rings. The molecule has 48 valence electrons. The topological polar surface area (TPSA) is 29.1 Å². The Hall–Kier alpha value is 0.490. The van der Waals surface area contributed by atoms with Crippen LogP contribution >= 0.6 is 15.9 Å². The highest BCUT2D eigenvalue weighted by molar-refractivity contribution is 8.13. The molecular formula is C4H12NOP2+. The average molecular weight is 152 g/mol. The molecule has 8 heavy (non-hydrogen) atoms. The zero-order valence-electron chi connectivity index (χ0n) is 5.27. The van der Waals surface area contributed by atoms with Gasteiger partial charge in [0.15, 0.2) is 0 Å². The predicted molar refractivity (Wildman–Crippen MR) is 40.1 cm³/mol. The molecule has 0 radical (unpaired) electrons. The number of nitrogens with one attached hydrogen (secondary N) is 1. The molecule has 0 aromatic heterocycles. The first-order valence-electron chi connectivity index (χ1n) is 2.66. The molecule has 0 aromatic carbocycles. The third kappa shape index (κ3) is 6.49. The normalized spacial score (nSPS) is 13.0. The average Bonchev–Trinajstić information content (AvgIpc) is 1.66. The van der Waals surface area contributed by atoms with Gasteiger partial charge in [-0.2, -0.15) is 0 Å². The van der Waals surface area contributed by atoms with Gasteiger partial charge in [-0.25, -0.2) is 0 Å². The molecule has 0 amide bonds. The molecule has 2 nitrogen and oxygen atoms in total. The number of hydrogen-bond donors (Lipinski definition) is 1. The van der Waals surface area contributed by atoms with Crippen LogP contribution in [0.4, 0.5) is 0 Å². The summed E-state index contributed by atoms with van der Waals surface area (Å²) < 4.78 is 10.4. The highest BCUT2D eigenvalue weighted by Gasteiger charge is 2.02. The van der Waals surface area contributed by atoms with Crippen LogP contribution in [0.3, 0.4) is 0 Å². The van der Waals surface area contributed by atoms with Gasteiger partial charge in [-0.3, -0.25) is 5.09 Å². The molecule has 0 aliphatic carbocycles. The Balaban J connectivity index is 2.82. The van der Waals surface area contributed by atoms with Crippen molar-refractivity contribution in [1.29, 1.82) is 0 Å². The highest BCUT2D eigenvalue weighted by atomic mass is 32.0. The van der Waals surface area contributed by atoms with Crippen LogP contribution in [-0.4, -0.2) is 13.2 Å². The van der Waals surface area contributed by atoms with Crippen molar-refractivity contribution in [2.75, 3.05) is 13.2 Å². The Kier molecular flexibility index (Phi) is 5.97. The second kappa shape index (κ2) is 5.62. The Morgan fingerprint density at radius 2 is 2.38 bits per heavy atom. The van der Waals surface area contributed by atoms with Gasteiger partial charge >= 0.3 is 7.49 Å². The zero-order valence-corrected chi connectivity index (χ0v) is 7.16. The van der Waals surface area contributed by atoms with Gasteiger partial charge in [0.05, 0.1) is 0 Å². The summed E-state index contributed by atoms with van der Waals surface area (Å²) >= 11 is 0. The quantitative estimate of drug-likeness (QED) is 0.492. The van der Waals surface area contributed by atoms with E-state index in [0.29, 0.717) is 8.42 Å². The minimum atomic E-state index is -0.945. The van der Waals surface area contributed by atoms with Gasteiger partial charge in [0, 0.05) is 6.54 Å². The van der Waals surface area contributed by atoms with E-state index < -0.39 is 7.49 Å². The molecule has 0 saturated heterocycles. The molecule has 0 spiro atoms. The van der Waals surface area contributed by atoms with E-state index in [4.69, 9.17) is 0 Å². The Morgan fingerprint density at radius 1 is 1.75 bits per heavy atom. The fraction of sp³-hybridized carbons (Fsp3) is 1.00. The van der Waals surface area contributed by atoms with Gasteiger partial charge < -0.3 is 0 Å². The first kappa shape index (κ1) is 8.49. The summed E-state index contributed by atoms with van der Waals surface area (Å²) in [7, 11) is -0.491. The van der Waals surface area contributed by atoms with E-state index in [1.165, 1.54) is 0 Å². The smallest absolute Gasteiger partial charge is 0.258 e. The van der Waals surface area contributed by atoms with Crippen LogP contribution < -0.4 is 5.09 Å². The second-order valence-corrected chi connectivity index (χ2v) is 5.67. The van der Waals surface area contributed by atoms with E-state index in [2.05, 4.69) is 12.0 Å². The van der Waals surface area contributed by atoms with Crippen molar-refractivity contribution in [3.05, 3.63) is 0 Å². The number of hydrogen-bond acceptors (Lipinski definition) is 2. The summed E-state index contributed by atoms with van der Waals surface area (Å²) in [5.41, 5.74) is 0. The van der Waals surface area contributed by atoms with Crippen LogP contribution in [0, 0.1) is 0 Å². The van der Waals surface area contributed by atoms with Crippen LogP contribution in [0.25, 0.3) is 0 Å².